The summed E-state index contributed by atoms with van der Waals surface area (Å²) in [5.74, 6) is 0.962. The van der Waals surface area contributed by atoms with Gasteiger partial charge in [-0.2, -0.15) is 0 Å². The molecule has 142 valence electrons. The minimum atomic E-state index is 0.0835. The number of hydrogen-bond donors (Lipinski definition) is 1. The first-order valence-corrected chi connectivity index (χ1v) is 9.19. The molecule has 1 aromatic carbocycles. The van der Waals surface area contributed by atoms with Gasteiger partial charge in [-0.25, -0.2) is 0 Å². The van der Waals surface area contributed by atoms with Crippen molar-refractivity contribution < 1.29 is 14.3 Å². The van der Waals surface area contributed by atoms with Crippen molar-refractivity contribution >= 4 is 5.91 Å². The second-order valence-corrected chi connectivity index (χ2v) is 5.56. The van der Waals surface area contributed by atoms with Gasteiger partial charge in [0.05, 0.1) is 19.8 Å². The number of benzene rings is 1. The third-order valence-electron chi connectivity index (χ3n) is 3.90. The van der Waals surface area contributed by atoms with E-state index in [1.165, 1.54) is 0 Å². The average Bonchev–Trinajstić information content (AvgIpc) is 2.68. The van der Waals surface area contributed by atoms with Gasteiger partial charge in [0, 0.05) is 39.8 Å². The average molecular weight is 351 g/mol. The minimum absolute atomic E-state index is 0.0835. The molecule has 1 N–H and O–H groups in total. The maximum Gasteiger partial charge on any atom is 0.233 e. The van der Waals surface area contributed by atoms with E-state index in [2.05, 4.69) is 15.1 Å². The zero-order valence-electron chi connectivity index (χ0n) is 15.9. The molecule has 0 unspecified atom stereocenters. The Labute approximate surface area is 152 Å². The number of ether oxygens (including phenoxy) is 2. The predicted molar refractivity (Wildman–Crippen MR) is 101 cm³/mol. The molecule has 0 bridgehead atoms. The van der Waals surface area contributed by atoms with Crippen molar-refractivity contribution in [2.24, 2.45) is 0 Å². The molecule has 0 spiro atoms. The van der Waals surface area contributed by atoms with Crippen LogP contribution in [-0.4, -0.2) is 81.8 Å². The van der Waals surface area contributed by atoms with Crippen LogP contribution in [0.1, 0.15) is 13.8 Å². The van der Waals surface area contributed by atoms with Crippen LogP contribution in [0.2, 0.25) is 0 Å². The Balaban J connectivity index is 0.00000151. The number of amides is 1. The topological polar surface area (TPSA) is 54.0 Å². The van der Waals surface area contributed by atoms with Gasteiger partial charge in [0.25, 0.3) is 0 Å². The molecule has 25 heavy (non-hydrogen) atoms. The first-order valence-electron chi connectivity index (χ1n) is 9.19. The van der Waals surface area contributed by atoms with Crippen LogP contribution in [-0.2, 0) is 9.53 Å². The monoisotopic (exact) mass is 351 g/mol. The number of carbonyl (C=O) groups is 1. The molecule has 0 atom stereocenters. The van der Waals surface area contributed by atoms with Crippen molar-refractivity contribution in [3.8, 4) is 5.75 Å². The van der Waals surface area contributed by atoms with Gasteiger partial charge >= 0.3 is 0 Å². The summed E-state index contributed by atoms with van der Waals surface area (Å²) in [5.41, 5.74) is 0. The standard InChI is InChI=1S/C17H27N3O3.C2H6/c1-18-17(21)15-20-9-7-19(8-10-20)11-12-22-13-14-23-16-5-3-2-4-6-16;1-2/h2-6H,7-15H2,1H3,(H,18,21);1-2H3. The van der Waals surface area contributed by atoms with E-state index in [0.29, 0.717) is 26.4 Å². The second-order valence-electron chi connectivity index (χ2n) is 5.56. The van der Waals surface area contributed by atoms with E-state index in [4.69, 9.17) is 9.47 Å². The molecule has 1 saturated heterocycles. The molecule has 1 heterocycles. The number of piperazine rings is 1. The van der Waals surface area contributed by atoms with Gasteiger partial charge in [-0.05, 0) is 12.1 Å². The van der Waals surface area contributed by atoms with Crippen molar-refractivity contribution in [2.45, 2.75) is 13.8 Å². The van der Waals surface area contributed by atoms with E-state index in [-0.39, 0.29) is 5.91 Å². The molecule has 1 amide bonds. The molecule has 6 nitrogen and oxygen atoms in total. The molecule has 0 saturated carbocycles. The van der Waals surface area contributed by atoms with Gasteiger partial charge in [0.2, 0.25) is 5.91 Å². The van der Waals surface area contributed by atoms with Crippen LogP contribution in [0.4, 0.5) is 0 Å². The van der Waals surface area contributed by atoms with Crippen LogP contribution in [0.15, 0.2) is 30.3 Å². The van der Waals surface area contributed by atoms with Crippen molar-refractivity contribution in [2.75, 3.05) is 66.1 Å². The first kappa shape index (κ1) is 21.4. The van der Waals surface area contributed by atoms with E-state index in [1.54, 1.807) is 7.05 Å². The highest BCUT2D eigenvalue weighted by Gasteiger charge is 2.17. The highest BCUT2D eigenvalue weighted by Crippen LogP contribution is 2.07. The van der Waals surface area contributed by atoms with E-state index in [0.717, 1.165) is 38.5 Å². The van der Waals surface area contributed by atoms with Crippen molar-refractivity contribution in [3.63, 3.8) is 0 Å². The number of para-hydroxylation sites is 1. The normalized spacial score (nSPS) is 15.2. The fraction of sp³-hybridized carbons (Fsp3) is 0.632. The molecule has 1 fully saturated rings. The number of rotatable bonds is 9. The quantitative estimate of drug-likeness (QED) is 0.683. The number of carbonyl (C=O) groups excluding carboxylic acids is 1. The van der Waals surface area contributed by atoms with Crippen LogP contribution < -0.4 is 10.1 Å². The van der Waals surface area contributed by atoms with Gasteiger partial charge in [0.1, 0.15) is 12.4 Å². The Kier molecular flexibility index (Phi) is 11.7. The van der Waals surface area contributed by atoms with E-state index in [1.807, 2.05) is 44.2 Å². The van der Waals surface area contributed by atoms with Crippen LogP contribution >= 0.6 is 0 Å². The number of nitrogens with one attached hydrogen (secondary N) is 1. The molecule has 0 aliphatic carbocycles. The van der Waals surface area contributed by atoms with Crippen LogP contribution in [0.5, 0.6) is 5.75 Å². The van der Waals surface area contributed by atoms with E-state index < -0.39 is 0 Å². The number of hydrogen-bond acceptors (Lipinski definition) is 5. The van der Waals surface area contributed by atoms with Gasteiger partial charge in [0.15, 0.2) is 0 Å². The van der Waals surface area contributed by atoms with E-state index in [9.17, 15) is 4.79 Å². The third kappa shape index (κ3) is 9.43. The van der Waals surface area contributed by atoms with E-state index >= 15 is 0 Å². The minimum Gasteiger partial charge on any atom is -0.491 e. The summed E-state index contributed by atoms with van der Waals surface area (Å²) in [6.07, 6.45) is 0. The van der Waals surface area contributed by atoms with Crippen molar-refractivity contribution in [3.05, 3.63) is 30.3 Å². The lowest BCUT2D eigenvalue weighted by atomic mass is 10.3. The molecule has 0 aromatic heterocycles. The Bertz CT molecular complexity index is 448. The molecule has 1 aromatic rings. The van der Waals surface area contributed by atoms with Crippen molar-refractivity contribution in [1.29, 1.82) is 0 Å². The fourth-order valence-electron chi connectivity index (χ4n) is 2.48. The smallest absolute Gasteiger partial charge is 0.233 e. The van der Waals surface area contributed by atoms with Crippen molar-refractivity contribution in [1.82, 2.24) is 15.1 Å². The highest BCUT2D eigenvalue weighted by atomic mass is 16.5. The Morgan fingerprint density at radius 3 is 2.28 bits per heavy atom. The third-order valence-corrected chi connectivity index (χ3v) is 3.90. The maximum atomic E-state index is 11.3. The maximum absolute atomic E-state index is 11.3. The molecule has 2 rings (SSSR count). The SMILES string of the molecule is CC.CNC(=O)CN1CCN(CCOCCOc2ccccc2)CC1. The lowest BCUT2D eigenvalue weighted by Gasteiger charge is -2.34. The number of nitrogens with zero attached hydrogens (tertiary/aromatic N) is 2. The molecule has 0 radical (unpaired) electrons. The summed E-state index contributed by atoms with van der Waals surface area (Å²) >= 11 is 0. The Hall–Kier alpha value is -1.63. The van der Waals surface area contributed by atoms with Crippen LogP contribution in [0.3, 0.4) is 0 Å². The molecular weight excluding hydrogens is 318 g/mol. The zero-order valence-corrected chi connectivity index (χ0v) is 15.9. The summed E-state index contributed by atoms with van der Waals surface area (Å²) in [6.45, 7) is 11.2. The summed E-state index contributed by atoms with van der Waals surface area (Å²) in [6, 6.07) is 9.77. The Morgan fingerprint density at radius 1 is 1.00 bits per heavy atom. The largest absolute Gasteiger partial charge is 0.491 e. The highest BCUT2D eigenvalue weighted by molar-refractivity contribution is 5.77. The van der Waals surface area contributed by atoms with Crippen LogP contribution in [0.25, 0.3) is 0 Å². The fourth-order valence-corrected chi connectivity index (χ4v) is 2.48. The second kappa shape index (κ2) is 13.6. The lowest BCUT2D eigenvalue weighted by Crippen LogP contribution is -2.49. The lowest BCUT2D eigenvalue weighted by molar-refractivity contribution is -0.122. The summed E-state index contributed by atoms with van der Waals surface area (Å²) in [5, 5.41) is 2.66. The number of likely N-dealkylation sites (N-methyl/N-ethyl adjacent to an activating group) is 1. The van der Waals surface area contributed by atoms with Gasteiger partial charge < -0.3 is 14.8 Å². The molecule has 1 aliphatic rings. The van der Waals surface area contributed by atoms with Crippen LogP contribution in [0, 0.1) is 0 Å². The molecule has 1 aliphatic heterocycles. The molecular formula is C19H33N3O3. The Morgan fingerprint density at radius 2 is 1.64 bits per heavy atom. The first-order chi connectivity index (χ1) is 12.3. The summed E-state index contributed by atoms with van der Waals surface area (Å²) in [7, 11) is 1.68. The van der Waals surface area contributed by atoms with Gasteiger partial charge in [-0.1, -0.05) is 32.0 Å². The predicted octanol–water partition coefficient (Wildman–Crippen LogP) is 1.47. The summed E-state index contributed by atoms with van der Waals surface area (Å²) < 4.78 is 11.2. The van der Waals surface area contributed by atoms with Gasteiger partial charge in [-0.15, -0.1) is 0 Å². The zero-order chi connectivity index (χ0) is 18.3. The summed E-state index contributed by atoms with van der Waals surface area (Å²) in [4.78, 5) is 15.9. The molecule has 6 heteroatoms. The van der Waals surface area contributed by atoms with Gasteiger partial charge in [-0.3, -0.25) is 14.6 Å².